The van der Waals surface area contributed by atoms with Crippen LogP contribution in [0.5, 0.6) is 0 Å². The van der Waals surface area contributed by atoms with E-state index in [1.807, 2.05) is 0 Å². The van der Waals surface area contributed by atoms with Crippen LogP contribution in [0.25, 0.3) is 0 Å². The molecule has 1 saturated heterocycles. The zero-order chi connectivity index (χ0) is 11.3. The normalized spacial score (nSPS) is 36.6. The Bertz CT molecular complexity index is 402. The molecule has 1 aromatic rings. The maximum absolute atomic E-state index is 5.91. The minimum atomic E-state index is -0.0134. The van der Waals surface area contributed by atoms with E-state index in [1.165, 1.54) is 0 Å². The molecule has 3 unspecified atom stereocenters. The number of nitrogens with two attached hydrogens (primary N) is 1. The van der Waals surface area contributed by atoms with Gasteiger partial charge in [0.25, 0.3) is 0 Å². The Labute approximate surface area is 94.3 Å². The predicted molar refractivity (Wildman–Crippen MR) is 57.0 cm³/mol. The number of hydrogen-bond acceptors (Lipinski definition) is 5. The zero-order valence-corrected chi connectivity index (χ0v) is 9.64. The quantitative estimate of drug-likeness (QED) is 0.810. The molecule has 0 bridgehead atoms. The molecular formula is C11H17N3O2. The van der Waals surface area contributed by atoms with Gasteiger partial charge in [-0.15, -0.1) is 0 Å². The topological polar surface area (TPSA) is 74.2 Å². The van der Waals surface area contributed by atoms with Crippen LogP contribution in [0.3, 0.4) is 0 Å². The molecule has 3 atom stereocenters. The monoisotopic (exact) mass is 223 g/mol. The van der Waals surface area contributed by atoms with Crippen LogP contribution in [0.2, 0.25) is 0 Å². The van der Waals surface area contributed by atoms with Gasteiger partial charge >= 0.3 is 0 Å². The van der Waals surface area contributed by atoms with Crippen LogP contribution in [-0.2, 0) is 4.74 Å². The predicted octanol–water partition coefficient (Wildman–Crippen LogP) is 1.02. The number of nitrogens with zero attached hydrogens (tertiary/aromatic N) is 2. The molecule has 0 radical (unpaired) electrons. The summed E-state index contributed by atoms with van der Waals surface area (Å²) in [5, 5.41) is 4.06. The summed E-state index contributed by atoms with van der Waals surface area (Å²) in [7, 11) is 0. The molecule has 1 aliphatic heterocycles. The molecule has 1 aromatic heterocycles. The number of ether oxygens (including phenoxy) is 1. The van der Waals surface area contributed by atoms with Gasteiger partial charge in [-0.1, -0.05) is 19.0 Å². The van der Waals surface area contributed by atoms with Crippen LogP contribution in [0.15, 0.2) is 4.52 Å². The fraction of sp³-hybridized carbons (Fsp3) is 0.818. The summed E-state index contributed by atoms with van der Waals surface area (Å²) in [6.45, 7) is 5.62. The summed E-state index contributed by atoms with van der Waals surface area (Å²) < 4.78 is 10.6. The van der Waals surface area contributed by atoms with E-state index in [4.69, 9.17) is 15.0 Å². The van der Waals surface area contributed by atoms with E-state index >= 15 is 0 Å². The standard InChI is InChI=1S/C11H17N3O2/c1-11(2)3-7(11)9-13-10(16-14-9)6-4-15-5-8(6)12/h6-8H,3-5,12H2,1-2H3. The lowest BCUT2D eigenvalue weighted by molar-refractivity contribution is 0.187. The van der Waals surface area contributed by atoms with Crippen LogP contribution >= 0.6 is 0 Å². The third-order valence-electron chi connectivity index (χ3n) is 3.72. The fourth-order valence-corrected chi connectivity index (χ4v) is 2.27. The molecule has 0 spiro atoms. The van der Waals surface area contributed by atoms with Crippen molar-refractivity contribution in [3.63, 3.8) is 0 Å². The van der Waals surface area contributed by atoms with Gasteiger partial charge in [0.05, 0.1) is 19.1 Å². The van der Waals surface area contributed by atoms with Gasteiger partial charge in [-0.25, -0.2) is 0 Å². The first-order valence-electron chi connectivity index (χ1n) is 5.75. The van der Waals surface area contributed by atoms with E-state index < -0.39 is 0 Å². The Morgan fingerprint density at radius 3 is 2.69 bits per heavy atom. The van der Waals surface area contributed by atoms with Gasteiger partial charge < -0.3 is 15.0 Å². The van der Waals surface area contributed by atoms with Gasteiger partial charge in [0.1, 0.15) is 0 Å². The Hall–Kier alpha value is -0.940. The molecule has 2 heterocycles. The maximum atomic E-state index is 5.91. The highest BCUT2D eigenvalue weighted by molar-refractivity contribution is 5.15. The van der Waals surface area contributed by atoms with Crippen LogP contribution in [-0.4, -0.2) is 29.4 Å². The Balaban J connectivity index is 1.78. The van der Waals surface area contributed by atoms with Crippen LogP contribution in [0.4, 0.5) is 0 Å². The molecule has 0 amide bonds. The minimum absolute atomic E-state index is 0.0134. The lowest BCUT2D eigenvalue weighted by Crippen LogP contribution is -2.27. The second-order valence-electron chi connectivity index (χ2n) is 5.54. The van der Waals surface area contributed by atoms with E-state index in [1.54, 1.807) is 0 Å². The molecule has 88 valence electrons. The molecule has 16 heavy (non-hydrogen) atoms. The average molecular weight is 223 g/mol. The first-order chi connectivity index (χ1) is 7.58. The van der Waals surface area contributed by atoms with E-state index in [2.05, 4.69) is 24.0 Å². The van der Waals surface area contributed by atoms with Gasteiger partial charge in [0.15, 0.2) is 5.82 Å². The summed E-state index contributed by atoms with van der Waals surface area (Å²) in [5.41, 5.74) is 6.24. The second-order valence-corrected chi connectivity index (χ2v) is 5.54. The Morgan fingerprint density at radius 1 is 1.38 bits per heavy atom. The largest absolute Gasteiger partial charge is 0.379 e. The van der Waals surface area contributed by atoms with E-state index in [-0.39, 0.29) is 12.0 Å². The smallest absolute Gasteiger partial charge is 0.233 e. The van der Waals surface area contributed by atoms with Crippen molar-refractivity contribution < 1.29 is 9.26 Å². The lowest BCUT2D eigenvalue weighted by atomic mass is 10.1. The Morgan fingerprint density at radius 2 is 2.12 bits per heavy atom. The molecule has 5 nitrogen and oxygen atoms in total. The van der Waals surface area contributed by atoms with Crippen LogP contribution in [0, 0.1) is 5.41 Å². The molecule has 1 aliphatic carbocycles. The van der Waals surface area contributed by atoms with Gasteiger partial charge in [0, 0.05) is 12.0 Å². The first kappa shape index (κ1) is 10.2. The molecule has 2 N–H and O–H groups in total. The third-order valence-corrected chi connectivity index (χ3v) is 3.72. The summed E-state index contributed by atoms with van der Waals surface area (Å²) >= 11 is 0. The van der Waals surface area contributed by atoms with Crippen molar-refractivity contribution in [2.45, 2.75) is 38.1 Å². The highest BCUT2D eigenvalue weighted by atomic mass is 16.5. The van der Waals surface area contributed by atoms with Gasteiger partial charge in [-0.05, 0) is 11.8 Å². The Kier molecular flexibility index (Phi) is 2.09. The second kappa shape index (κ2) is 3.28. The molecule has 5 heteroatoms. The average Bonchev–Trinajstić information content (AvgIpc) is 2.67. The maximum Gasteiger partial charge on any atom is 0.233 e. The number of rotatable bonds is 2. The molecule has 2 aliphatic rings. The van der Waals surface area contributed by atoms with Crippen molar-refractivity contribution in [3.05, 3.63) is 11.7 Å². The highest BCUT2D eigenvalue weighted by Crippen LogP contribution is 2.57. The van der Waals surface area contributed by atoms with Gasteiger partial charge in [-0.2, -0.15) is 4.98 Å². The molecule has 2 fully saturated rings. The summed E-state index contributed by atoms with van der Waals surface area (Å²) in [6.07, 6.45) is 1.14. The van der Waals surface area contributed by atoms with Crippen molar-refractivity contribution >= 4 is 0 Å². The lowest BCUT2D eigenvalue weighted by Gasteiger charge is -2.06. The van der Waals surface area contributed by atoms with Crippen molar-refractivity contribution in [3.8, 4) is 0 Å². The van der Waals surface area contributed by atoms with Crippen LogP contribution < -0.4 is 5.73 Å². The molecule has 1 saturated carbocycles. The van der Waals surface area contributed by atoms with Crippen molar-refractivity contribution in [1.82, 2.24) is 10.1 Å². The van der Waals surface area contributed by atoms with E-state index in [0.717, 1.165) is 12.2 Å². The highest BCUT2D eigenvalue weighted by Gasteiger charge is 2.49. The minimum Gasteiger partial charge on any atom is -0.379 e. The first-order valence-corrected chi connectivity index (χ1v) is 5.75. The SMILES string of the molecule is CC1(C)CC1c1noc(C2COCC2N)n1. The molecular weight excluding hydrogens is 206 g/mol. The number of aromatic nitrogens is 2. The van der Waals surface area contributed by atoms with Crippen molar-refractivity contribution in [1.29, 1.82) is 0 Å². The fourth-order valence-electron chi connectivity index (χ4n) is 2.27. The molecule has 0 aromatic carbocycles. The van der Waals surface area contributed by atoms with Gasteiger partial charge in [0.2, 0.25) is 5.89 Å². The third kappa shape index (κ3) is 1.55. The van der Waals surface area contributed by atoms with E-state index in [0.29, 0.717) is 30.4 Å². The van der Waals surface area contributed by atoms with Gasteiger partial charge in [-0.3, -0.25) is 0 Å². The summed E-state index contributed by atoms with van der Waals surface area (Å²) in [5.74, 6) is 1.99. The number of hydrogen-bond donors (Lipinski definition) is 1. The van der Waals surface area contributed by atoms with Crippen LogP contribution in [0.1, 0.15) is 43.8 Å². The van der Waals surface area contributed by atoms with Crippen molar-refractivity contribution in [2.24, 2.45) is 11.1 Å². The summed E-state index contributed by atoms with van der Waals surface area (Å²) in [6, 6.07) is -0.0134. The van der Waals surface area contributed by atoms with Crippen molar-refractivity contribution in [2.75, 3.05) is 13.2 Å². The summed E-state index contributed by atoms with van der Waals surface area (Å²) in [4.78, 5) is 4.46. The molecule has 3 rings (SSSR count). The van der Waals surface area contributed by atoms with E-state index in [9.17, 15) is 0 Å². The zero-order valence-electron chi connectivity index (χ0n) is 9.64.